The second-order valence-corrected chi connectivity index (χ2v) is 4.66. The first kappa shape index (κ1) is 12.7. The number of hydrogen-bond donors (Lipinski definition) is 1. The van der Waals surface area contributed by atoms with Gasteiger partial charge >= 0.3 is 0 Å². The van der Waals surface area contributed by atoms with Gasteiger partial charge in [0.1, 0.15) is 11.6 Å². The molecule has 0 amide bonds. The van der Waals surface area contributed by atoms with Crippen molar-refractivity contribution in [2.24, 2.45) is 0 Å². The first-order valence-electron chi connectivity index (χ1n) is 6.15. The zero-order chi connectivity index (χ0) is 13.1. The maximum Gasteiger partial charge on any atom is 0.148 e. The lowest BCUT2D eigenvalue weighted by Crippen LogP contribution is -2.22. The SMILES string of the molecule is Cc1nc(C)n(-c2ccnc(CNC(C)C)c2)n1. The molecule has 0 spiro atoms. The molecule has 2 aromatic rings. The summed E-state index contributed by atoms with van der Waals surface area (Å²) in [6, 6.07) is 4.43. The van der Waals surface area contributed by atoms with Crippen molar-refractivity contribution >= 4 is 0 Å². The lowest BCUT2D eigenvalue weighted by molar-refractivity contribution is 0.581. The van der Waals surface area contributed by atoms with Crippen LogP contribution in [-0.4, -0.2) is 25.8 Å². The van der Waals surface area contributed by atoms with Crippen LogP contribution in [0.15, 0.2) is 18.3 Å². The molecule has 1 N–H and O–H groups in total. The van der Waals surface area contributed by atoms with E-state index in [2.05, 4.69) is 34.2 Å². The molecule has 0 atom stereocenters. The van der Waals surface area contributed by atoms with Crippen molar-refractivity contribution in [2.45, 2.75) is 40.3 Å². The number of pyridine rings is 1. The average molecular weight is 245 g/mol. The first-order chi connectivity index (χ1) is 8.56. The summed E-state index contributed by atoms with van der Waals surface area (Å²) in [7, 11) is 0. The summed E-state index contributed by atoms with van der Waals surface area (Å²) in [6.07, 6.45) is 1.81. The van der Waals surface area contributed by atoms with Crippen LogP contribution in [0.2, 0.25) is 0 Å². The molecular weight excluding hydrogens is 226 g/mol. The molecule has 0 saturated heterocycles. The Hall–Kier alpha value is -1.75. The third kappa shape index (κ3) is 2.92. The number of nitrogens with one attached hydrogen (secondary N) is 1. The van der Waals surface area contributed by atoms with Crippen molar-refractivity contribution in [1.29, 1.82) is 0 Å². The zero-order valence-electron chi connectivity index (χ0n) is 11.3. The van der Waals surface area contributed by atoms with Gasteiger partial charge in [-0.2, -0.15) is 5.10 Å². The van der Waals surface area contributed by atoms with Crippen LogP contribution < -0.4 is 5.32 Å². The van der Waals surface area contributed by atoms with Gasteiger partial charge in [-0.3, -0.25) is 4.98 Å². The van der Waals surface area contributed by atoms with E-state index in [0.717, 1.165) is 29.6 Å². The predicted octanol–water partition coefficient (Wildman–Crippen LogP) is 1.78. The largest absolute Gasteiger partial charge is 0.309 e. The van der Waals surface area contributed by atoms with Crippen molar-refractivity contribution in [3.05, 3.63) is 35.7 Å². The predicted molar refractivity (Wildman–Crippen MR) is 70.6 cm³/mol. The van der Waals surface area contributed by atoms with Crippen molar-refractivity contribution in [3.8, 4) is 5.69 Å². The monoisotopic (exact) mass is 245 g/mol. The molecule has 0 bridgehead atoms. The molecule has 0 aliphatic heterocycles. The molecule has 96 valence electrons. The molecule has 0 radical (unpaired) electrons. The van der Waals surface area contributed by atoms with Gasteiger partial charge in [0.15, 0.2) is 0 Å². The number of rotatable bonds is 4. The fourth-order valence-electron chi connectivity index (χ4n) is 1.77. The van der Waals surface area contributed by atoms with E-state index < -0.39 is 0 Å². The maximum atomic E-state index is 4.37. The molecule has 5 nitrogen and oxygen atoms in total. The third-order valence-electron chi connectivity index (χ3n) is 2.61. The maximum absolute atomic E-state index is 4.37. The van der Waals surface area contributed by atoms with Gasteiger partial charge in [-0.1, -0.05) is 13.8 Å². The van der Waals surface area contributed by atoms with E-state index in [4.69, 9.17) is 0 Å². The average Bonchev–Trinajstić information content (AvgIpc) is 2.66. The van der Waals surface area contributed by atoms with Gasteiger partial charge in [-0.25, -0.2) is 9.67 Å². The Morgan fingerprint density at radius 3 is 2.72 bits per heavy atom. The lowest BCUT2D eigenvalue weighted by atomic mass is 10.3. The Bertz CT molecular complexity index is 530. The van der Waals surface area contributed by atoms with Gasteiger partial charge in [-0.15, -0.1) is 0 Å². The van der Waals surface area contributed by atoms with Crippen molar-refractivity contribution in [1.82, 2.24) is 25.1 Å². The van der Waals surface area contributed by atoms with E-state index >= 15 is 0 Å². The highest BCUT2D eigenvalue weighted by molar-refractivity contribution is 5.32. The Balaban J connectivity index is 2.24. The van der Waals surface area contributed by atoms with Crippen LogP contribution in [0.5, 0.6) is 0 Å². The van der Waals surface area contributed by atoms with Gasteiger partial charge in [0, 0.05) is 18.8 Å². The Labute approximate surface area is 107 Å². The summed E-state index contributed by atoms with van der Waals surface area (Å²) >= 11 is 0. The second-order valence-electron chi connectivity index (χ2n) is 4.66. The van der Waals surface area contributed by atoms with Crippen molar-refractivity contribution in [3.63, 3.8) is 0 Å². The minimum absolute atomic E-state index is 0.450. The van der Waals surface area contributed by atoms with E-state index in [1.54, 1.807) is 0 Å². The van der Waals surface area contributed by atoms with E-state index in [-0.39, 0.29) is 0 Å². The molecule has 5 heteroatoms. The molecule has 0 saturated carbocycles. The first-order valence-corrected chi connectivity index (χ1v) is 6.15. The van der Waals surface area contributed by atoms with E-state index in [1.807, 2.05) is 36.9 Å². The normalized spacial score (nSPS) is 11.2. The quantitative estimate of drug-likeness (QED) is 0.892. The van der Waals surface area contributed by atoms with Crippen LogP contribution in [-0.2, 0) is 6.54 Å². The van der Waals surface area contributed by atoms with E-state index in [1.165, 1.54) is 0 Å². The molecule has 0 aliphatic carbocycles. The Morgan fingerprint density at radius 2 is 2.11 bits per heavy atom. The molecule has 2 heterocycles. The molecule has 0 aliphatic rings. The number of nitrogens with zero attached hydrogens (tertiary/aromatic N) is 4. The molecule has 0 aromatic carbocycles. The van der Waals surface area contributed by atoms with Crippen LogP contribution in [0.1, 0.15) is 31.2 Å². The highest BCUT2D eigenvalue weighted by atomic mass is 15.3. The fourth-order valence-corrected chi connectivity index (χ4v) is 1.77. The van der Waals surface area contributed by atoms with E-state index in [0.29, 0.717) is 6.04 Å². The highest BCUT2D eigenvalue weighted by Gasteiger charge is 2.06. The molecule has 18 heavy (non-hydrogen) atoms. The number of hydrogen-bond acceptors (Lipinski definition) is 4. The van der Waals surface area contributed by atoms with E-state index in [9.17, 15) is 0 Å². The third-order valence-corrected chi connectivity index (χ3v) is 2.61. The number of aromatic nitrogens is 4. The van der Waals surface area contributed by atoms with Crippen LogP contribution >= 0.6 is 0 Å². The van der Waals surface area contributed by atoms with Crippen molar-refractivity contribution in [2.75, 3.05) is 0 Å². The van der Waals surface area contributed by atoms with Crippen molar-refractivity contribution < 1.29 is 0 Å². The second kappa shape index (κ2) is 5.27. The number of aryl methyl sites for hydroxylation is 2. The minimum atomic E-state index is 0.450. The van der Waals surface area contributed by atoms with Gasteiger partial charge < -0.3 is 5.32 Å². The molecule has 2 rings (SSSR count). The molecule has 0 fully saturated rings. The van der Waals surface area contributed by atoms with Crippen LogP contribution in [0.4, 0.5) is 0 Å². The Kier molecular flexibility index (Phi) is 3.72. The summed E-state index contributed by atoms with van der Waals surface area (Å²) in [4.78, 5) is 8.66. The summed E-state index contributed by atoms with van der Waals surface area (Å²) in [5, 5.41) is 7.73. The Morgan fingerprint density at radius 1 is 1.33 bits per heavy atom. The zero-order valence-corrected chi connectivity index (χ0v) is 11.3. The van der Waals surface area contributed by atoms with Crippen LogP contribution in [0.25, 0.3) is 5.69 Å². The molecule has 0 unspecified atom stereocenters. The summed E-state index contributed by atoms with van der Waals surface area (Å²) in [5.41, 5.74) is 2.01. The summed E-state index contributed by atoms with van der Waals surface area (Å²) in [6.45, 7) is 8.85. The lowest BCUT2D eigenvalue weighted by Gasteiger charge is -2.09. The smallest absolute Gasteiger partial charge is 0.148 e. The van der Waals surface area contributed by atoms with Crippen LogP contribution in [0, 0.1) is 13.8 Å². The van der Waals surface area contributed by atoms with Gasteiger partial charge in [0.05, 0.1) is 11.4 Å². The van der Waals surface area contributed by atoms with Gasteiger partial charge in [0.25, 0.3) is 0 Å². The van der Waals surface area contributed by atoms with Gasteiger partial charge in [0.2, 0.25) is 0 Å². The molecular formula is C13H19N5. The highest BCUT2D eigenvalue weighted by Crippen LogP contribution is 2.10. The molecule has 2 aromatic heterocycles. The van der Waals surface area contributed by atoms with Gasteiger partial charge in [-0.05, 0) is 26.0 Å². The van der Waals surface area contributed by atoms with Crippen LogP contribution in [0.3, 0.4) is 0 Å². The summed E-state index contributed by atoms with van der Waals surface area (Å²) in [5.74, 6) is 1.67. The summed E-state index contributed by atoms with van der Waals surface area (Å²) < 4.78 is 1.84. The fraction of sp³-hybridized carbons (Fsp3) is 0.462. The topological polar surface area (TPSA) is 55.6 Å². The minimum Gasteiger partial charge on any atom is -0.309 e. The standard InChI is InChI=1S/C13H19N5/c1-9(2)15-8-12-7-13(5-6-14-12)18-11(4)16-10(3)17-18/h5-7,9,15H,8H2,1-4H3.